The average Bonchev–Trinajstić information content (AvgIpc) is 2.72. The Morgan fingerprint density at radius 3 is 3.07 bits per heavy atom. The van der Waals surface area contributed by atoms with Gasteiger partial charge in [0, 0.05) is 15.4 Å². The Morgan fingerprint density at radius 1 is 1.71 bits per heavy atom. The number of thiophene rings is 1. The van der Waals surface area contributed by atoms with E-state index < -0.39 is 0 Å². The molecule has 1 aromatic heterocycles. The van der Waals surface area contributed by atoms with Crippen LogP contribution in [0.1, 0.15) is 17.3 Å². The third-order valence-electron chi connectivity index (χ3n) is 2.99. The molecule has 0 spiro atoms. The Morgan fingerprint density at radius 2 is 2.50 bits per heavy atom. The maximum absolute atomic E-state index is 5.81. The fourth-order valence-corrected chi connectivity index (χ4v) is 4.07. The number of likely N-dealkylation sites (tertiary alicyclic amines) is 1. The van der Waals surface area contributed by atoms with Crippen molar-refractivity contribution < 1.29 is 0 Å². The van der Waals surface area contributed by atoms with Crippen LogP contribution in [0.3, 0.4) is 0 Å². The number of hydrogen-bond acceptors (Lipinski definition) is 3. The lowest BCUT2D eigenvalue weighted by atomic mass is 9.99. The van der Waals surface area contributed by atoms with Gasteiger partial charge < -0.3 is 5.73 Å². The van der Waals surface area contributed by atoms with Crippen LogP contribution >= 0.6 is 27.3 Å². The van der Waals surface area contributed by atoms with Gasteiger partial charge in [0.1, 0.15) is 0 Å². The minimum atomic E-state index is 0.523. The third kappa shape index (κ3) is 1.76. The SMILES string of the molecule is CN1CCC(CN)C1c1sccc1Br. The fourth-order valence-electron chi connectivity index (χ4n) is 2.20. The molecule has 2 unspecified atom stereocenters. The molecule has 0 aromatic carbocycles. The van der Waals surface area contributed by atoms with E-state index in [0.717, 1.165) is 13.1 Å². The quantitative estimate of drug-likeness (QED) is 0.898. The minimum Gasteiger partial charge on any atom is -0.330 e. The van der Waals surface area contributed by atoms with Crippen molar-refractivity contribution in [1.82, 2.24) is 4.90 Å². The second kappa shape index (κ2) is 4.31. The van der Waals surface area contributed by atoms with Gasteiger partial charge in [0.2, 0.25) is 0 Å². The van der Waals surface area contributed by atoms with Gasteiger partial charge in [0.05, 0.1) is 0 Å². The first-order valence-corrected chi connectivity index (χ1v) is 6.54. The predicted molar refractivity (Wildman–Crippen MR) is 64.6 cm³/mol. The van der Waals surface area contributed by atoms with Crippen molar-refractivity contribution in [2.45, 2.75) is 12.5 Å². The van der Waals surface area contributed by atoms with Crippen LogP contribution in [0.15, 0.2) is 15.9 Å². The highest BCUT2D eigenvalue weighted by atomic mass is 79.9. The van der Waals surface area contributed by atoms with Gasteiger partial charge in [-0.1, -0.05) is 0 Å². The zero-order chi connectivity index (χ0) is 10.1. The first-order valence-electron chi connectivity index (χ1n) is 4.87. The summed E-state index contributed by atoms with van der Waals surface area (Å²) in [5.74, 6) is 0.620. The normalized spacial score (nSPS) is 28.5. The summed E-state index contributed by atoms with van der Waals surface area (Å²) in [4.78, 5) is 3.84. The van der Waals surface area contributed by atoms with E-state index in [1.54, 1.807) is 0 Å². The van der Waals surface area contributed by atoms with E-state index in [-0.39, 0.29) is 0 Å². The highest BCUT2D eigenvalue weighted by Crippen LogP contribution is 2.41. The van der Waals surface area contributed by atoms with Gasteiger partial charge in [-0.15, -0.1) is 11.3 Å². The van der Waals surface area contributed by atoms with Crippen molar-refractivity contribution in [3.8, 4) is 0 Å². The Hall–Kier alpha value is 0.100. The first-order chi connectivity index (χ1) is 6.74. The largest absolute Gasteiger partial charge is 0.330 e. The van der Waals surface area contributed by atoms with Gasteiger partial charge >= 0.3 is 0 Å². The van der Waals surface area contributed by atoms with E-state index in [1.807, 2.05) is 11.3 Å². The van der Waals surface area contributed by atoms with Gasteiger partial charge in [0.25, 0.3) is 0 Å². The molecule has 0 aliphatic carbocycles. The van der Waals surface area contributed by atoms with Crippen molar-refractivity contribution >= 4 is 27.3 Å². The van der Waals surface area contributed by atoms with Crippen molar-refractivity contribution in [1.29, 1.82) is 0 Å². The molecule has 14 heavy (non-hydrogen) atoms. The van der Waals surface area contributed by atoms with Crippen LogP contribution in [-0.4, -0.2) is 25.0 Å². The summed E-state index contributed by atoms with van der Waals surface area (Å²) >= 11 is 5.43. The predicted octanol–water partition coefficient (Wildman–Crippen LogP) is 2.46. The molecule has 4 heteroatoms. The number of rotatable bonds is 2. The molecule has 0 radical (unpaired) electrons. The smallest absolute Gasteiger partial charge is 0.0490 e. The molecule has 2 N–H and O–H groups in total. The van der Waals surface area contributed by atoms with Crippen LogP contribution in [0.25, 0.3) is 0 Å². The molecule has 0 bridgehead atoms. The molecule has 2 nitrogen and oxygen atoms in total. The van der Waals surface area contributed by atoms with Crippen LogP contribution in [0.4, 0.5) is 0 Å². The van der Waals surface area contributed by atoms with Crippen molar-refractivity contribution in [2.24, 2.45) is 11.7 Å². The monoisotopic (exact) mass is 274 g/mol. The van der Waals surface area contributed by atoms with E-state index >= 15 is 0 Å². The lowest BCUT2D eigenvalue weighted by Crippen LogP contribution is -2.24. The van der Waals surface area contributed by atoms with Crippen molar-refractivity contribution in [3.05, 3.63) is 20.8 Å². The van der Waals surface area contributed by atoms with Gasteiger partial charge in [-0.25, -0.2) is 0 Å². The summed E-state index contributed by atoms with van der Waals surface area (Å²) in [5.41, 5.74) is 5.81. The van der Waals surface area contributed by atoms with E-state index in [0.29, 0.717) is 12.0 Å². The van der Waals surface area contributed by atoms with Crippen LogP contribution in [0, 0.1) is 5.92 Å². The van der Waals surface area contributed by atoms with E-state index in [4.69, 9.17) is 5.73 Å². The Balaban J connectivity index is 2.27. The second-order valence-electron chi connectivity index (χ2n) is 3.84. The van der Waals surface area contributed by atoms with Crippen LogP contribution in [0.2, 0.25) is 0 Å². The zero-order valence-corrected chi connectivity index (χ0v) is 10.6. The highest BCUT2D eigenvalue weighted by molar-refractivity contribution is 9.10. The molecule has 2 rings (SSSR count). The number of nitrogens with zero attached hydrogens (tertiary/aromatic N) is 1. The lowest BCUT2D eigenvalue weighted by molar-refractivity contribution is 0.283. The second-order valence-corrected chi connectivity index (χ2v) is 5.64. The van der Waals surface area contributed by atoms with E-state index in [2.05, 4.69) is 39.3 Å². The maximum atomic E-state index is 5.81. The summed E-state index contributed by atoms with van der Waals surface area (Å²) in [7, 11) is 2.19. The van der Waals surface area contributed by atoms with Gasteiger partial charge in [-0.3, -0.25) is 4.90 Å². The van der Waals surface area contributed by atoms with E-state index in [9.17, 15) is 0 Å². The topological polar surface area (TPSA) is 29.3 Å². The van der Waals surface area contributed by atoms with Crippen molar-refractivity contribution in [3.63, 3.8) is 0 Å². The zero-order valence-electron chi connectivity index (χ0n) is 8.24. The molecule has 1 fully saturated rings. The molecule has 1 aromatic rings. The lowest BCUT2D eigenvalue weighted by Gasteiger charge is -2.23. The molecule has 1 aliphatic rings. The first kappa shape index (κ1) is 10.6. The van der Waals surface area contributed by atoms with Gasteiger partial charge in [-0.05, 0) is 59.9 Å². The minimum absolute atomic E-state index is 0.523. The Labute approximate surface area is 97.2 Å². The molecule has 1 saturated heterocycles. The van der Waals surface area contributed by atoms with Crippen LogP contribution < -0.4 is 5.73 Å². The average molecular weight is 275 g/mol. The number of nitrogens with two attached hydrogens (primary N) is 1. The molecule has 1 aliphatic heterocycles. The molecule has 0 amide bonds. The summed E-state index contributed by atoms with van der Waals surface area (Å²) in [6, 6.07) is 2.65. The summed E-state index contributed by atoms with van der Waals surface area (Å²) in [5, 5.41) is 2.14. The van der Waals surface area contributed by atoms with E-state index in [1.165, 1.54) is 15.8 Å². The number of halogens is 1. The van der Waals surface area contributed by atoms with Gasteiger partial charge in [-0.2, -0.15) is 0 Å². The molecule has 78 valence electrons. The van der Waals surface area contributed by atoms with Crippen molar-refractivity contribution in [2.75, 3.05) is 20.1 Å². The maximum Gasteiger partial charge on any atom is 0.0490 e. The molecule has 2 atom stereocenters. The van der Waals surface area contributed by atoms with Crippen LogP contribution in [0.5, 0.6) is 0 Å². The van der Waals surface area contributed by atoms with Crippen LogP contribution in [-0.2, 0) is 0 Å². The third-order valence-corrected chi connectivity index (χ3v) is 4.93. The highest BCUT2D eigenvalue weighted by Gasteiger charge is 2.33. The van der Waals surface area contributed by atoms with Gasteiger partial charge in [0.15, 0.2) is 0 Å². The standard InChI is InChI=1S/C10H15BrN2S/c1-13-4-2-7(6-12)9(13)10-8(11)3-5-14-10/h3,5,7,9H,2,4,6,12H2,1H3. The molecule has 2 heterocycles. The Bertz CT molecular complexity index is 313. The number of hydrogen-bond donors (Lipinski definition) is 1. The summed E-state index contributed by atoms with van der Waals surface area (Å²) < 4.78 is 1.24. The summed E-state index contributed by atoms with van der Waals surface area (Å²) in [6.07, 6.45) is 1.22. The fraction of sp³-hybridized carbons (Fsp3) is 0.600. The molecular weight excluding hydrogens is 260 g/mol. The Kier molecular flexibility index (Phi) is 3.27. The molecule has 0 saturated carbocycles. The summed E-state index contributed by atoms with van der Waals surface area (Å²) in [6.45, 7) is 1.95. The molecular formula is C10H15BrN2S.